The SMILES string of the molecule is CCCCCCc1ccccc1NCc1ccc(C(=O)Nc2nc(C)c(C)s2)s1. The number of benzene rings is 1. The van der Waals surface area contributed by atoms with Crippen molar-refractivity contribution in [1.82, 2.24) is 4.98 Å². The van der Waals surface area contributed by atoms with Crippen molar-refractivity contribution in [1.29, 1.82) is 0 Å². The zero-order chi connectivity index (χ0) is 20.6. The van der Waals surface area contributed by atoms with E-state index < -0.39 is 0 Å². The summed E-state index contributed by atoms with van der Waals surface area (Å²) < 4.78 is 0. The van der Waals surface area contributed by atoms with Crippen LogP contribution in [0.15, 0.2) is 36.4 Å². The Balaban J connectivity index is 1.56. The number of amides is 1. The van der Waals surface area contributed by atoms with Crippen molar-refractivity contribution in [2.45, 2.75) is 59.4 Å². The Morgan fingerprint density at radius 2 is 1.86 bits per heavy atom. The lowest BCUT2D eigenvalue weighted by molar-refractivity contribution is 0.103. The minimum atomic E-state index is -0.0914. The van der Waals surface area contributed by atoms with Gasteiger partial charge in [0.05, 0.1) is 10.6 Å². The fourth-order valence-corrected chi connectivity index (χ4v) is 4.77. The summed E-state index contributed by atoms with van der Waals surface area (Å²) in [6, 6.07) is 12.4. The molecular weight excluding hydrogens is 398 g/mol. The van der Waals surface area contributed by atoms with Crippen LogP contribution in [0.2, 0.25) is 0 Å². The molecule has 2 aromatic heterocycles. The van der Waals surface area contributed by atoms with Crippen molar-refractivity contribution in [2.75, 3.05) is 10.6 Å². The summed E-state index contributed by atoms with van der Waals surface area (Å²) in [7, 11) is 0. The maximum atomic E-state index is 12.5. The van der Waals surface area contributed by atoms with E-state index in [0.717, 1.165) is 28.4 Å². The van der Waals surface area contributed by atoms with Crippen molar-refractivity contribution < 1.29 is 4.79 Å². The first-order chi connectivity index (χ1) is 14.1. The summed E-state index contributed by atoms with van der Waals surface area (Å²) in [4.78, 5) is 19.9. The summed E-state index contributed by atoms with van der Waals surface area (Å²) in [5, 5.41) is 7.12. The Hall–Kier alpha value is -2.18. The maximum absolute atomic E-state index is 12.5. The first kappa shape index (κ1) is 21.5. The minimum absolute atomic E-state index is 0.0914. The number of aryl methyl sites for hydroxylation is 3. The van der Waals surface area contributed by atoms with E-state index in [1.54, 1.807) is 0 Å². The van der Waals surface area contributed by atoms with Crippen LogP contribution in [0.3, 0.4) is 0 Å². The van der Waals surface area contributed by atoms with Crippen LogP contribution in [0.25, 0.3) is 0 Å². The second kappa shape index (κ2) is 10.6. The minimum Gasteiger partial charge on any atom is -0.380 e. The summed E-state index contributed by atoms with van der Waals surface area (Å²) in [6.07, 6.45) is 6.18. The van der Waals surface area contributed by atoms with Gasteiger partial charge in [-0.2, -0.15) is 0 Å². The number of para-hydroxylation sites is 1. The normalized spacial score (nSPS) is 10.9. The van der Waals surface area contributed by atoms with Crippen molar-refractivity contribution >= 4 is 39.4 Å². The summed E-state index contributed by atoms with van der Waals surface area (Å²) >= 11 is 3.03. The van der Waals surface area contributed by atoms with Gasteiger partial charge < -0.3 is 5.32 Å². The number of hydrogen-bond donors (Lipinski definition) is 2. The second-order valence-corrected chi connectivity index (χ2v) is 9.57. The van der Waals surface area contributed by atoms with Gasteiger partial charge in [0.15, 0.2) is 5.13 Å². The summed E-state index contributed by atoms with van der Waals surface area (Å²) in [6.45, 7) is 6.93. The number of anilines is 2. The Morgan fingerprint density at radius 1 is 1.03 bits per heavy atom. The molecule has 4 nitrogen and oxygen atoms in total. The fourth-order valence-electron chi connectivity index (χ4n) is 3.12. The van der Waals surface area contributed by atoms with Gasteiger partial charge in [0, 0.05) is 22.0 Å². The average molecular weight is 428 g/mol. The lowest BCUT2D eigenvalue weighted by Gasteiger charge is -2.11. The molecule has 0 spiro atoms. The van der Waals surface area contributed by atoms with Crippen molar-refractivity contribution in [3.05, 3.63) is 62.3 Å². The van der Waals surface area contributed by atoms with Gasteiger partial charge in [0.2, 0.25) is 0 Å². The highest BCUT2D eigenvalue weighted by Gasteiger charge is 2.13. The smallest absolute Gasteiger partial charge is 0.267 e. The number of unbranched alkanes of at least 4 members (excludes halogenated alkanes) is 3. The maximum Gasteiger partial charge on any atom is 0.267 e. The molecule has 0 aliphatic rings. The first-order valence-corrected chi connectivity index (χ1v) is 11.9. The van der Waals surface area contributed by atoms with Gasteiger partial charge in [0.1, 0.15) is 0 Å². The van der Waals surface area contributed by atoms with Crippen molar-refractivity contribution in [2.24, 2.45) is 0 Å². The Kier molecular flexibility index (Phi) is 7.83. The van der Waals surface area contributed by atoms with E-state index in [1.165, 1.54) is 59.6 Å². The molecular formula is C23H29N3OS2. The molecule has 3 aromatic rings. The van der Waals surface area contributed by atoms with Crippen LogP contribution in [0, 0.1) is 13.8 Å². The van der Waals surface area contributed by atoms with Crippen molar-refractivity contribution in [3.8, 4) is 0 Å². The van der Waals surface area contributed by atoms with E-state index in [0.29, 0.717) is 10.0 Å². The van der Waals surface area contributed by atoms with E-state index in [9.17, 15) is 4.79 Å². The van der Waals surface area contributed by atoms with Crippen LogP contribution in [0.1, 0.15) is 63.3 Å². The molecule has 0 radical (unpaired) electrons. The molecule has 0 aliphatic heterocycles. The Labute approximate surface area is 181 Å². The van der Waals surface area contributed by atoms with E-state index in [1.807, 2.05) is 26.0 Å². The molecule has 0 bridgehead atoms. The first-order valence-electron chi connectivity index (χ1n) is 10.2. The zero-order valence-corrected chi connectivity index (χ0v) is 19.0. The number of rotatable bonds is 10. The molecule has 2 heterocycles. The number of nitrogens with one attached hydrogen (secondary N) is 2. The van der Waals surface area contributed by atoms with Crippen molar-refractivity contribution in [3.63, 3.8) is 0 Å². The molecule has 3 rings (SSSR count). The lowest BCUT2D eigenvalue weighted by atomic mass is 10.0. The van der Waals surface area contributed by atoms with Gasteiger partial charge in [-0.15, -0.1) is 22.7 Å². The Morgan fingerprint density at radius 3 is 2.62 bits per heavy atom. The second-order valence-electron chi connectivity index (χ2n) is 7.20. The van der Waals surface area contributed by atoms with Gasteiger partial charge in [-0.05, 0) is 50.5 Å². The fraction of sp³-hybridized carbons (Fsp3) is 0.391. The van der Waals surface area contributed by atoms with E-state index in [2.05, 4.69) is 46.8 Å². The predicted molar refractivity (Wildman–Crippen MR) is 125 cm³/mol. The molecule has 0 aliphatic carbocycles. The van der Waals surface area contributed by atoms with E-state index in [-0.39, 0.29) is 5.91 Å². The van der Waals surface area contributed by atoms with Crippen LogP contribution in [-0.4, -0.2) is 10.9 Å². The third-order valence-corrected chi connectivity index (χ3v) is 6.98. The molecule has 6 heteroatoms. The molecule has 154 valence electrons. The van der Waals surface area contributed by atoms with Crippen LogP contribution < -0.4 is 10.6 Å². The van der Waals surface area contributed by atoms with Crippen LogP contribution in [0.4, 0.5) is 10.8 Å². The third-order valence-electron chi connectivity index (χ3n) is 4.90. The van der Waals surface area contributed by atoms with Crippen LogP contribution >= 0.6 is 22.7 Å². The predicted octanol–water partition coefficient (Wildman–Crippen LogP) is 6.81. The van der Waals surface area contributed by atoms with E-state index in [4.69, 9.17) is 0 Å². The molecule has 0 unspecified atom stereocenters. The summed E-state index contributed by atoms with van der Waals surface area (Å²) in [5.74, 6) is -0.0914. The molecule has 1 amide bonds. The van der Waals surface area contributed by atoms with Crippen LogP contribution in [0.5, 0.6) is 0 Å². The van der Waals surface area contributed by atoms with Gasteiger partial charge in [-0.1, -0.05) is 44.4 Å². The average Bonchev–Trinajstić information content (AvgIpc) is 3.31. The molecule has 29 heavy (non-hydrogen) atoms. The monoisotopic (exact) mass is 427 g/mol. The van der Waals surface area contributed by atoms with Gasteiger partial charge >= 0.3 is 0 Å². The number of aromatic nitrogens is 1. The molecule has 0 saturated carbocycles. The summed E-state index contributed by atoms with van der Waals surface area (Å²) in [5.41, 5.74) is 3.53. The highest BCUT2D eigenvalue weighted by molar-refractivity contribution is 7.16. The lowest BCUT2D eigenvalue weighted by Crippen LogP contribution is -2.09. The third kappa shape index (κ3) is 6.15. The Bertz CT molecular complexity index is 926. The number of carbonyl (C=O) groups is 1. The standard InChI is InChI=1S/C23H29N3OS2/c1-4-5-6-7-10-18-11-8-9-12-20(18)24-15-19-13-14-21(29-19)22(27)26-23-25-16(2)17(3)28-23/h8-9,11-14,24H,4-7,10,15H2,1-3H3,(H,25,26,27). The molecule has 0 atom stereocenters. The van der Waals surface area contributed by atoms with Gasteiger partial charge in [-0.25, -0.2) is 4.98 Å². The number of thiophene rings is 1. The molecule has 0 saturated heterocycles. The van der Waals surface area contributed by atoms with Crippen LogP contribution in [-0.2, 0) is 13.0 Å². The van der Waals surface area contributed by atoms with Gasteiger partial charge in [0.25, 0.3) is 5.91 Å². The largest absolute Gasteiger partial charge is 0.380 e. The topological polar surface area (TPSA) is 54.0 Å². The number of carbonyl (C=O) groups excluding carboxylic acids is 1. The molecule has 1 aromatic carbocycles. The highest BCUT2D eigenvalue weighted by Crippen LogP contribution is 2.25. The molecule has 2 N–H and O–H groups in total. The number of nitrogens with zero attached hydrogens (tertiary/aromatic N) is 1. The van der Waals surface area contributed by atoms with E-state index >= 15 is 0 Å². The quantitative estimate of drug-likeness (QED) is 0.349. The number of hydrogen-bond acceptors (Lipinski definition) is 5. The zero-order valence-electron chi connectivity index (χ0n) is 17.4. The highest BCUT2D eigenvalue weighted by atomic mass is 32.1. The number of thiazole rings is 1. The molecule has 0 fully saturated rings. The van der Waals surface area contributed by atoms with Gasteiger partial charge in [-0.3, -0.25) is 10.1 Å².